The molecule has 1 aliphatic rings. The predicted octanol–water partition coefficient (Wildman–Crippen LogP) is 2.04. The second-order valence-corrected chi connectivity index (χ2v) is 3.84. The summed E-state index contributed by atoms with van der Waals surface area (Å²) in [4.78, 5) is 5.92. The van der Waals surface area contributed by atoms with Crippen molar-refractivity contribution in [1.82, 2.24) is 4.98 Å². The van der Waals surface area contributed by atoms with E-state index in [9.17, 15) is 5.11 Å². The highest BCUT2D eigenvalue weighted by atomic mass is 35.5. The number of aliphatic hydroxyl groups is 1. The average molecular weight is 213 g/mol. The number of nitrogens with zero attached hydrogens (tertiary/aromatic N) is 2. The second-order valence-electron chi connectivity index (χ2n) is 3.48. The van der Waals surface area contributed by atoms with Crippen LogP contribution in [0.1, 0.15) is 19.3 Å². The van der Waals surface area contributed by atoms with Crippen LogP contribution in [0.2, 0.25) is 5.15 Å². The molecule has 1 atom stereocenters. The molecule has 14 heavy (non-hydrogen) atoms. The molecule has 1 fully saturated rings. The summed E-state index contributed by atoms with van der Waals surface area (Å²) in [7, 11) is 0. The van der Waals surface area contributed by atoms with Gasteiger partial charge in [0.1, 0.15) is 6.23 Å². The third kappa shape index (κ3) is 1.83. The fourth-order valence-corrected chi connectivity index (χ4v) is 2.01. The maximum Gasteiger partial charge on any atom is 0.152 e. The summed E-state index contributed by atoms with van der Waals surface area (Å²) in [6.07, 6.45) is 4.23. The van der Waals surface area contributed by atoms with Crippen molar-refractivity contribution in [3.8, 4) is 0 Å². The highest BCUT2D eigenvalue weighted by Crippen LogP contribution is 2.28. The second kappa shape index (κ2) is 4.15. The van der Waals surface area contributed by atoms with Gasteiger partial charge in [-0.05, 0) is 31.4 Å². The molecule has 1 aromatic rings. The van der Waals surface area contributed by atoms with Gasteiger partial charge >= 0.3 is 0 Å². The van der Waals surface area contributed by atoms with Gasteiger partial charge in [-0.2, -0.15) is 0 Å². The van der Waals surface area contributed by atoms with Crippen molar-refractivity contribution in [3.63, 3.8) is 0 Å². The van der Waals surface area contributed by atoms with Crippen molar-refractivity contribution in [2.24, 2.45) is 0 Å². The number of piperidine rings is 1. The largest absolute Gasteiger partial charge is 0.374 e. The first kappa shape index (κ1) is 9.74. The lowest BCUT2D eigenvalue weighted by Gasteiger charge is -2.34. The molecule has 0 aromatic carbocycles. The van der Waals surface area contributed by atoms with Gasteiger partial charge in [0.05, 0.1) is 5.69 Å². The summed E-state index contributed by atoms with van der Waals surface area (Å²) in [5, 5.41) is 10.3. The smallest absolute Gasteiger partial charge is 0.152 e. The minimum Gasteiger partial charge on any atom is -0.374 e. The first-order valence-corrected chi connectivity index (χ1v) is 5.22. The third-order valence-electron chi connectivity index (χ3n) is 2.52. The lowest BCUT2D eigenvalue weighted by atomic mass is 10.1. The molecular formula is C10H13ClN2O. The van der Waals surface area contributed by atoms with Crippen LogP contribution in [0.25, 0.3) is 0 Å². The van der Waals surface area contributed by atoms with E-state index in [0.29, 0.717) is 5.15 Å². The van der Waals surface area contributed by atoms with Crippen LogP contribution in [-0.2, 0) is 0 Å². The summed E-state index contributed by atoms with van der Waals surface area (Å²) < 4.78 is 0. The van der Waals surface area contributed by atoms with E-state index in [-0.39, 0.29) is 0 Å². The lowest BCUT2D eigenvalue weighted by Crippen LogP contribution is -2.39. The normalized spacial score (nSPS) is 22.4. The van der Waals surface area contributed by atoms with Crippen LogP contribution in [0.15, 0.2) is 18.3 Å². The highest BCUT2D eigenvalue weighted by molar-refractivity contribution is 6.32. The van der Waals surface area contributed by atoms with E-state index in [4.69, 9.17) is 11.6 Å². The van der Waals surface area contributed by atoms with Gasteiger partial charge in [0.15, 0.2) is 5.15 Å². The third-order valence-corrected chi connectivity index (χ3v) is 2.81. The van der Waals surface area contributed by atoms with Crippen molar-refractivity contribution in [1.29, 1.82) is 0 Å². The Labute approximate surface area is 88.3 Å². The van der Waals surface area contributed by atoms with Gasteiger partial charge in [0.25, 0.3) is 0 Å². The molecule has 4 heteroatoms. The number of aromatic nitrogens is 1. The first-order chi connectivity index (χ1) is 6.79. The Hall–Kier alpha value is -0.800. The SMILES string of the molecule is OC1CCCCN1c1cccnc1Cl. The summed E-state index contributed by atoms with van der Waals surface area (Å²) in [6.45, 7) is 0.854. The molecule has 1 aromatic heterocycles. The molecule has 0 saturated carbocycles. The van der Waals surface area contributed by atoms with Gasteiger partial charge in [0, 0.05) is 12.7 Å². The Bertz CT molecular complexity index is 319. The van der Waals surface area contributed by atoms with Crippen molar-refractivity contribution in [3.05, 3.63) is 23.5 Å². The summed E-state index contributed by atoms with van der Waals surface area (Å²) in [5.41, 5.74) is 0.835. The van der Waals surface area contributed by atoms with Crippen LogP contribution in [0.3, 0.4) is 0 Å². The van der Waals surface area contributed by atoms with Gasteiger partial charge in [0.2, 0.25) is 0 Å². The molecule has 1 N–H and O–H groups in total. The Morgan fingerprint density at radius 3 is 3.07 bits per heavy atom. The zero-order valence-electron chi connectivity index (χ0n) is 7.86. The number of pyridine rings is 1. The zero-order chi connectivity index (χ0) is 9.97. The Morgan fingerprint density at radius 1 is 1.50 bits per heavy atom. The van der Waals surface area contributed by atoms with E-state index in [0.717, 1.165) is 31.5 Å². The average Bonchev–Trinajstić information content (AvgIpc) is 2.20. The van der Waals surface area contributed by atoms with Crippen LogP contribution in [0, 0.1) is 0 Å². The molecular weight excluding hydrogens is 200 g/mol. The van der Waals surface area contributed by atoms with Crippen molar-refractivity contribution in [2.45, 2.75) is 25.5 Å². The van der Waals surface area contributed by atoms with Crippen LogP contribution < -0.4 is 4.90 Å². The molecule has 2 heterocycles. The van der Waals surface area contributed by atoms with E-state index in [1.807, 2.05) is 17.0 Å². The molecule has 0 aliphatic carbocycles. The molecule has 0 spiro atoms. The van der Waals surface area contributed by atoms with Crippen molar-refractivity contribution >= 4 is 17.3 Å². The van der Waals surface area contributed by atoms with Gasteiger partial charge in [-0.1, -0.05) is 11.6 Å². The minimum atomic E-state index is -0.412. The van der Waals surface area contributed by atoms with Gasteiger partial charge < -0.3 is 10.0 Å². The first-order valence-electron chi connectivity index (χ1n) is 4.84. The zero-order valence-corrected chi connectivity index (χ0v) is 8.61. The van der Waals surface area contributed by atoms with E-state index in [1.165, 1.54) is 0 Å². The fraction of sp³-hybridized carbons (Fsp3) is 0.500. The molecule has 3 nitrogen and oxygen atoms in total. The Kier molecular flexibility index (Phi) is 2.89. The van der Waals surface area contributed by atoms with Gasteiger partial charge in [-0.3, -0.25) is 0 Å². The quantitative estimate of drug-likeness (QED) is 0.724. The van der Waals surface area contributed by atoms with Gasteiger partial charge in [-0.15, -0.1) is 0 Å². The molecule has 76 valence electrons. The predicted molar refractivity (Wildman–Crippen MR) is 56.5 cm³/mol. The summed E-state index contributed by atoms with van der Waals surface area (Å²) >= 11 is 5.96. The Balaban J connectivity index is 2.25. The molecule has 1 aliphatic heterocycles. The van der Waals surface area contributed by atoms with E-state index < -0.39 is 6.23 Å². The number of halogens is 1. The monoisotopic (exact) mass is 212 g/mol. The summed E-state index contributed by atoms with van der Waals surface area (Å²) in [5.74, 6) is 0. The lowest BCUT2D eigenvalue weighted by molar-refractivity contribution is 0.140. The molecule has 0 amide bonds. The van der Waals surface area contributed by atoms with E-state index in [2.05, 4.69) is 4.98 Å². The van der Waals surface area contributed by atoms with E-state index >= 15 is 0 Å². The standard InChI is InChI=1S/C10H13ClN2O/c11-10-8(4-3-6-12-10)13-7-2-1-5-9(13)14/h3-4,6,9,14H,1-2,5,7H2. The molecule has 1 saturated heterocycles. The van der Waals surface area contributed by atoms with Crippen LogP contribution >= 0.6 is 11.6 Å². The highest BCUT2D eigenvalue weighted by Gasteiger charge is 2.21. The fourth-order valence-electron chi connectivity index (χ4n) is 1.79. The number of hydrogen-bond donors (Lipinski definition) is 1. The number of aliphatic hydroxyl groups excluding tert-OH is 1. The molecule has 0 bridgehead atoms. The van der Waals surface area contributed by atoms with E-state index in [1.54, 1.807) is 6.20 Å². The topological polar surface area (TPSA) is 36.4 Å². The maximum absolute atomic E-state index is 9.79. The van der Waals surface area contributed by atoms with Crippen LogP contribution in [0.5, 0.6) is 0 Å². The van der Waals surface area contributed by atoms with Crippen LogP contribution in [0.4, 0.5) is 5.69 Å². The molecule has 0 radical (unpaired) electrons. The number of rotatable bonds is 1. The molecule has 2 rings (SSSR count). The maximum atomic E-state index is 9.79. The van der Waals surface area contributed by atoms with Crippen molar-refractivity contribution in [2.75, 3.05) is 11.4 Å². The van der Waals surface area contributed by atoms with Crippen molar-refractivity contribution < 1.29 is 5.11 Å². The van der Waals surface area contributed by atoms with Crippen LogP contribution in [-0.4, -0.2) is 22.9 Å². The number of hydrogen-bond acceptors (Lipinski definition) is 3. The summed E-state index contributed by atoms with van der Waals surface area (Å²) in [6, 6.07) is 3.73. The molecule has 1 unspecified atom stereocenters. The Morgan fingerprint density at radius 2 is 2.36 bits per heavy atom. The number of anilines is 1. The van der Waals surface area contributed by atoms with Gasteiger partial charge in [-0.25, -0.2) is 4.98 Å². The minimum absolute atomic E-state index is 0.412.